The van der Waals surface area contributed by atoms with Crippen LogP contribution in [0.25, 0.3) is 23.3 Å². The van der Waals surface area contributed by atoms with Crippen LogP contribution in [0.2, 0.25) is 0 Å². The van der Waals surface area contributed by atoms with E-state index in [1.807, 2.05) is 0 Å². The third kappa shape index (κ3) is 12.0. The number of hydrogen-bond donors (Lipinski definition) is 0. The van der Waals surface area contributed by atoms with Gasteiger partial charge >= 0.3 is 82.6 Å². The molecule has 2 aromatic rings. The Hall–Kier alpha value is -2.07. The maximum absolute atomic E-state index is 4.07. The summed E-state index contributed by atoms with van der Waals surface area (Å²) in [5, 5.41) is 5.37. The summed E-state index contributed by atoms with van der Waals surface area (Å²) in [6, 6.07) is 14.0. The van der Waals surface area contributed by atoms with E-state index in [0.29, 0.717) is 11.8 Å². The molecular weight excluding hydrogens is 1050 g/mol. The van der Waals surface area contributed by atoms with Crippen molar-refractivity contribution in [2.45, 2.75) is 177 Å². The van der Waals surface area contributed by atoms with Crippen LogP contribution >= 0.6 is 0 Å². The Morgan fingerprint density at radius 3 is 1.00 bits per heavy atom. The number of allylic oxidation sites excluding steroid dienone is 16. The van der Waals surface area contributed by atoms with Crippen molar-refractivity contribution in [2.24, 2.45) is 33.5 Å². The SMILES string of the molecule is CC1=C(C)C(C)C(C2(C(C)(C)C)[C-]=C3C=c4cc(C(C)(C)C)ccc4=C3C=C2)=C1C.CC1=C(C)C(C)C(C2(C(C)(C)C)[C-]=C3C=c4cc(C(C)(C)C)ccc4=C3C=C2)=C1C.C[C](C)=[Zr].C[C](C)=[Zr].[Cl-].[Cl-]. The summed E-state index contributed by atoms with van der Waals surface area (Å²) in [6.45, 7) is 55.0. The summed E-state index contributed by atoms with van der Waals surface area (Å²) in [5.41, 5.74) is 19.9. The van der Waals surface area contributed by atoms with Gasteiger partial charge < -0.3 is 24.8 Å². The fourth-order valence-corrected chi connectivity index (χ4v) is 11.0. The number of fused-ring (bicyclic) bond motifs is 4. The summed E-state index contributed by atoms with van der Waals surface area (Å²) in [5.74, 6) is 0.916. The molecule has 4 unspecified atom stereocenters. The van der Waals surface area contributed by atoms with Gasteiger partial charge in [-0.2, -0.15) is 35.5 Å². The van der Waals surface area contributed by atoms with Gasteiger partial charge in [-0.3, -0.25) is 0 Å². The van der Waals surface area contributed by atoms with Crippen molar-refractivity contribution >= 4 is 29.7 Å². The number of halogens is 2. The molecule has 0 radical (unpaired) electrons. The number of hydrogen-bond acceptors (Lipinski definition) is 0. The van der Waals surface area contributed by atoms with Crippen LogP contribution in [-0.4, -0.2) is 6.41 Å². The van der Waals surface area contributed by atoms with E-state index >= 15 is 0 Å². The second-order valence-corrected chi connectivity index (χ2v) is 30.1. The molecule has 6 aliphatic carbocycles. The zero-order valence-electron chi connectivity index (χ0n) is 47.8. The van der Waals surface area contributed by atoms with Crippen LogP contribution in [0.1, 0.15) is 177 Å². The van der Waals surface area contributed by atoms with Gasteiger partial charge in [0.05, 0.1) is 0 Å². The first-order chi connectivity index (χ1) is 31.0. The predicted octanol–water partition coefficient (Wildman–Crippen LogP) is 8.63. The maximum Gasteiger partial charge on any atom is -1.00 e. The Labute approximate surface area is 469 Å². The van der Waals surface area contributed by atoms with Gasteiger partial charge in [-0.05, 0) is 119 Å². The molecule has 4 heteroatoms. The van der Waals surface area contributed by atoms with Crippen LogP contribution in [-0.2, 0) is 59.3 Å². The molecule has 0 saturated carbocycles. The largest absolute Gasteiger partial charge is 1.00 e. The van der Waals surface area contributed by atoms with E-state index in [-0.39, 0.29) is 57.3 Å². The first-order valence-electron chi connectivity index (χ1n) is 25.3. The van der Waals surface area contributed by atoms with Crippen LogP contribution in [0.15, 0.2) is 116 Å². The van der Waals surface area contributed by atoms with Crippen LogP contribution in [0.4, 0.5) is 0 Å². The van der Waals surface area contributed by atoms with Gasteiger partial charge in [-0.25, -0.2) is 0 Å². The molecule has 0 bridgehead atoms. The summed E-state index contributed by atoms with van der Waals surface area (Å²) in [6.07, 6.45) is 22.5. The fraction of sp³-hybridized carbons (Fsp3) is 0.485. The van der Waals surface area contributed by atoms with Crippen molar-refractivity contribution in [1.29, 1.82) is 0 Å². The number of benzene rings is 2. The molecule has 0 aromatic heterocycles. The van der Waals surface area contributed by atoms with Crippen molar-refractivity contribution in [3.8, 4) is 0 Å². The van der Waals surface area contributed by atoms with Gasteiger partial charge in [0.15, 0.2) is 0 Å². The van der Waals surface area contributed by atoms with Crippen molar-refractivity contribution in [3.63, 3.8) is 0 Å². The van der Waals surface area contributed by atoms with E-state index in [1.165, 1.54) is 105 Å². The smallest absolute Gasteiger partial charge is 1.00 e. The first-order valence-corrected chi connectivity index (χ1v) is 27.7. The molecule has 0 spiro atoms. The topological polar surface area (TPSA) is 0 Å². The first kappa shape index (κ1) is 62.2. The van der Waals surface area contributed by atoms with Crippen molar-refractivity contribution < 1.29 is 73.3 Å². The van der Waals surface area contributed by atoms with E-state index < -0.39 is 0 Å². The normalized spacial score (nSPS) is 23.1. The molecular formula is C66H86Cl2Zr2-4. The monoisotopic (exact) mass is 1130 g/mol. The molecule has 70 heavy (non-hydrogen) atoms. The van der Waals surface area contributed by atoms with Crippen LogP contribution in [0, 0.1) is 45.6 Å². The molecule has 0 N–H and O–H groups in total. The average molecular weight is 1130 g/mol. The molecule has 0 heterocycles. The Balaban J connectivity index is 0.000000313. The molecule has 0 nitrogen and oxygen atoms in total. The van der Waals surface area contributed by atoms with Gasteiger partial charge in [0.1, 0.15) is 0 Å². The Kier molecular flexibility index (Phi) is 19.9. The van der Waals surface area contributed by atoms with Gasteiger partial charge in [-0.15, -0.1) is 23.3 Å². The van der Waals surface area contributed by atoms with E-state index in [9.17, 15) is 0 Å². The maximum atomic E-state index is 4.07. The Bertz CT molecular complexity index is 2760. The van der Waals surface area contributed by atoms with Crippen molar-refractivity contribution in [3.05, 3.63) is 161 Å². The third-order valence-corrected chi connectivity index (χ3v) is 15.8. The van der Waals surface area contributed by atoms with Gasteiger partial charge in [0.25, 0.3) is 0 Å². The average Bonchev–Trinajstić information content (AvgIpc) is 3.87. The molecule has 376 valence electrons. The molecule has 0 fully saturated rings. The molecule has 0 saturated heterocycles. The summed E-state index contributed by atoms with van der Waals surface area (Å²) < 4.78 is 3.01. The van der Waals surface area contributed by atoms with E-state index in [0.717, 1.165) is 0 Å². The van der Waals surface area contributed by atoms with E-state index in [1.54, 1.807) is 48.5 Å². The molecule has 6 aliphatic rings. The molecule has 8 rings (SSSR count). The predicted molar refractivity (Wildman–Crippen MR) is 293 cm³/mol. The minimum Gasteiger partial charge on any atom is -1.00 e. The zero-order valence-corrected chi connectivity index (χ0v) is 54.3. The minimum absolute atomic E-state index is 0. The van der Waals surface area contributed by atoms with Crippen molar-refractivity contribution in [2.75, 3.05) is 0 Å². The fourth-order valence-electron chi connectivity index (χ4n) is 11.0. The Morgan fingerprint density at radius 2 is 0.771 bits per heavy atom. The quantitative estimate of drug-likeness (QED) is 0.265. The van der Waals surface area contributed by atoms with E-state index in [4.69, 9.17) is 0 Å². The second-order valence-electron chi connectivity index (χ2n) is 25.2. The summed E-state index contributed by atoms with van der Waals surface area (Å²) in [4.78, 5) is 0. The minimum atomic E-state index is -0.195. The third-order valence-electron chi connectivity index (χ3n) is 15.8. The van der Waals surface area contributed by atoms with Crippen molar-refractivity contribution in [1.82, 2.24) is 0 Å². The zero-order chi connectivity index (χ0) is 51.6. The molecule has 0 aliphatic heterocycles. The van der Waals surface area contributed by atoms with Gasteiger partial charge in [0, 0.05) is 0 Å². The van der Waals surface area contributed by atoms with Gasteiger partial charge in [-0.1, -0.05) is 189 Å². The van der Waals surface area contributed by atoms with Gasteiger partial charge in [0.2, 0.25) is 0 Å². The second kappa shape index (κ2) is 22.4. The molecule has 2 aromatic carbocycles. The Morgan fingerprint density at radius 1 is 0.486 bits per heavy atom. The summed E-state index contributed by atoms with van der Waals surface area (Å²) in [7, 11) is 0. The summed E-state index contributed by atoms with van der Waals surface area (Å²) >= 11 is 3.11. The van der Waals surface area contributed by atoms with Crippen LogP contribution in [0.5, 0.6) is 0 Å². The molecule has 0 amide bonds. The van der Waals surface area contributed by atoms with E-state index in [2.05, 4.69) is 251 Å². The molecule has 4 atom stereocenters. The van der Waals surface area contributed by atoms with Crippen LogP contribution in [0.3, 0.4) is 0 Å². The number of rotatable bonds is 2. The standard InChI is InChI=1S/2C30H37.2C3H6.2ClH.2Zr/c2*1-18-19(2)21(4)27(20(18)3)30(29(8,9)10)14-13-26-23(17-30)15-22-16-24(28(5,6)7)11-12-25(22)26;2*1-3-2;;;;/h2*11-16,20H,1-10H3;2*1-2H3;2*1H;;/q2*-1;;;;;;/p-2. The van der Waals surface area contributed by atoms with Crippen LogP contribution < -0.4 is 45.7 Å².